The summed E-state index contributed by atoms with van der Waals surface area (Å²) in [5.74, 6) is -0.0595. The molecule has 6 nitrogen and oxygen atoms in total. The summed E-state index contributed by atoms with van der Waals surface area (Å²) in [7, 11) is 1.79. The Morgan fingerprint density at radius 2 is 1.90 bits per heavy atom. The van der Waals surface area contributed by atoms with E-state index >= 15 is 0 Å². The van der Waals surface area contributed by atoms with E-state index < -0.39 is 0 Å². The molecule has 0 aliphatic carbocycles. The molecule has 29 heavy (non-hydrogen) atoms. The van der Waals surface area contributed by atoms with Gasteiger partial charge < -0.3 is 4.90 Å². The predicted octanol–water partition coefficient (Wildman–Crippen LogP) is 3.42. The minimum Gasteiger partial charge on any atom is -0.339 e. The number of aryl methyl sites for hydroxylation is 1. The molecule has 1 aliphatic rings. The summed E-state index contributed by atoms with van der Waals surface area (Å²) in [6, 6.07) is 11.0. The van der Waals surface area contributed by atoms with Gasteiger partial charge >= 0.3 is 0 Å². The Morgan fingerprint density at radius 1 is 1.14 bits per heavy atom. The van der Waals surface area contributed by atoms with Gasteiger partial charge in [-0.3, -0.25) is 18.8 Å². The molecule has 0 saturated carbocycles. The maximum atomic E-state index is 13.1. The first-order valence-electron chi connectivity index (χ1n) is 9.63. The maximum absolute atomic E-state index is 13.1. The molecule has 0 N–H and O–H groups in total. The Balaban J connectivity index is 1.52. The molecule has 0 spiro atoms. The van der Waals surface area contributed by atoms with Crippen LogP contribution in [0.15, 0.2) is 59.8 Å². The first kappa shape index (κ1) is 19.5. The van der Waals surface area contributed by atoms with Gasteiger partial charge in [-0.05, 0) is 42.0 Å². The molecular formula is C22H23ClN4O2. The number of amides is 1. The summed E-state index contributed by atoms with van der Waals surface area (Å²) < 4.78 is 3.08. The Bertz CT molecular complexity index is 1110. The summed E-state index contributed by atoms with van der Waals surface area (Å²) in [5, 5.41) is 4.84. The number of hydrogen-bond acceptors (Lipinski definition) is 3. The van der Waals surface area contributed by atoms with Crippen LogP contribution in [0.1, 0.15) is 35.7 Å². The van der Waals surface area contributed by atoms with E-state index in [9.17, 15) is 9.59 Å². The van der Waals surface area contributed by atoms with Gasteiger partial charge in [0.15, 0.2) is 0 Å². The third-order valence-corrected chi connectivity index (χ3v) is 6.04. The van der Waals surface area contributed by atoms with Crippen LogP contribution in [0.25, 0.3) is 5.69 Å². The highest BCUT2D eigenvalue weighted by molar-refractivity contribution is 6.30. The van der Waals surface area contributed by atoms with Crippen molar-refractivity contribution in [3.8, 4) is 5.69 Å². The molecule has 0 bridgehead atoms. The van der Waals surface area contributed by atoms with Crippen molar-refractivity contribution in [1.82, 2.24) is 19.2 Å². The molecule has 3 heterocycles. The number of piperidine rings is 1. The molecule has 2 aromatic heterocycles. The normalized spacial score (nSPS) is 16.0. The van der Waals surface area contributed by atoms with E-state index in [0.29, 0.717) is 24.3 Å². The lowest BCUT2D eigenvalue weighted by Crippen LogP contribution is -2.44. The second-order valence-corrected chi connectivity index (χ2v) is 8.30. The number of aromatic nitrogens is 3. The highest BCUT2D eigenvalue weighted by atomic mass is 35.5. The van der Waals surface area contributed by atoms with E-state index in [-0.39, 0.29) is 16.9 Å². The molecule has 1 aliphatic heterocycles. The highest BCUT2D eigenvalue weighted by Gasteiger charge is 2.33. The Labute approximate surface area is 174 Å². The third kappa shape index (κ3) is 3.85. The van der Waals surface area contributed by atoms with Crippen molar-refractivity contribution in [2.75, 3.05) is 13.1 Å². The molecule has 3 aromatic rings. The van der Waals surface area contributed by atoms with Crippen molar-refractivity contribution in [2.45, 2.75) is 25.2 Å². The smallest absolute Gasteiger partial charge is 0.255 e. The van der Waals surface area contributed by atoms with Crippen LogP contribution in [0.3, 0.4) is 0 Å². The number of benzene rings is 1. The van der Waals surface area contributed by atoms with Crippen molar-refractivity contribution < 1.29 is 4.79 Å². The fourth-order valence-corrected chi connectivity index (χ4v) is 4.08. The van der Waals surface area contributed by atoms with Crippen LogP contribution in [0.4, 0.5) is 0 Å². The summed E-state index contributed by atoms with van der Waals surface area (Å²) in [6.07, 6.45) is 6.68. The standard InChI is InChI=1S/C22H23ClN4O2/c1-22(17-4-3-5-18(23)12-17)8-10-26(11-9-22)21(29)16-6-7-20(28)27(14-16)19-13-24-25(2)15-19/h3-7,12-15H,8-11H2,1-2H3. The van der Waals surface area contributed by atoms with E-state index in [0.717, 1.165) is 17.9 Å². The zero-order valence-electron chi connectivity index (χ0n) is 16.5. The van der Waals surface area contributed by atoms with Crippen LogP contribution in [0.5, 0.6) is 0 Å². The van der Waals surface area contributed by atoms with Crippen LogP contribution in [-0.2, 0) is 12.5 Å². The van der Waals surface area contributed by atoms with Crippen LogP contribution in [0.2, 0.25) is 5.02 Å². The number of likely N-dealkylation sites (tertiary alicyclic amines) is 1. The molecule has 1 amide bonds. The summed E-state index contributed by atoms with van der Waals surface area (Å²) in [5.41, 5.74) is 2.15. The number of nitrogens with zero attached hydrogens (tertiary/aromatic N) is 4. The Morgan fingerprint density at radius 3 is 2.55 bits per heavy atom. The Hall–Kier alpha value is -2.86. The molecule has 150 valence electrons. The lowest BCUT2D eigenvalue weighted by molar-refractivity contribution is 0.0675. The number of halogens is 1. The van der Waals surface area contributed by atoms with Gasteiger partial charge in [0.1, 0.15) is 0 Å². The molecule has 0 radical (unpaired) electrons. The van der Waals surface area contributed by atoms with Gasteiger partial charge in [0.05, 0.1) is 17.4 Å². The van der Waals surface area contributed by atoms with Crippen molar-refractivity contribution in [3.63, 3.8) is 0 Å². The number of carbonyl (C=O) groups is 1. The lowest BCUT2D eigenvalue weighted by atomic mass is 9.74. The SMILES string of the molecule is Cn1cc(-n2cc(C(=O)N3CCC(C)(c4cccc(Cl)c4)CC3)ccc2=O)cn1. The highest BCUT2D eigenvalue weighted by Crippen LogP contribution is 2.36. The second-order valence-electron chi connectivity index (χ2n) is 7.86. The van der Waals surface area contributed by atoms with Crippen molar-refractivity contribution in [1.29, 1.82) is 0 Å². The molecule has 1 fully saturated rings. The first-order valence-corrected chi connectivity index (χ1v) is 10.0. The third-order valence-electron chi connectivity index (χ3n) is 5.80. The van der Waals surface area contributed by atoms with Crippen molar-refractivity contribution in [2.24, 2.45) is 7.05 Å². The zero-order valence-corrected chi connectivity index (χ0v) is 17.3. The van der Waals surface area contributed by atoms with Crippen molar-refractivity contribution >= 4 is 17.5 Å². The number of rotatable bonds is 3. The fraction of sp³-hybridized carbons (Fsp3) is 0.318. The van der Waals surface area contributed by atoms with Gasteiger partial charge in [0.25, 0.3) is 11.5 Å². The lowest BCUT2D eigenvalue weighted by Gasteiger charge is -2.40. The molecule has 1 saturated heterocycles. The maximum Gasteiger partial charge on any atom is 0.255 e. The van der Waals surface area contributed by atoms with Gasteiger partial charge in [-0.2, -0.15) is 5.10 Å². The second kappa shape index (κ2) is 7.52. The largest absolute Gasteiger partial charge is 0.339 e. The summed E-state index contributed by atoms with van der Waals surface area (Å²) in [4.78, 5) is 27.2. The predicted molar refractivity (Wildman–Crippen MR) is 113 cm³/mol. The average molecular weight is 411 g/mol. The van der Waals surface area contributed by atoms with Crippen LogP contribution >= 0.6 is 11.6 Å². The summed E-state index contributed by atoms with van der Waals surface area (Å²) in [6.45, 7) is 3.55. The molecule has 1 aromatic carbocycles. The zero-order chi connectivity index (χ0) is 20.6. The number of carbonyl (C=O) groups excluding carboxylic acids is 1. The summed E-state index contributed by atoms with van der Waals surface area (Å²) >= 11 is 6.17. The topological polar surface area (TPSA) is 60.1 Å². The fourth-order valence-electron chi connectivity index (χ4n) is 3.89. The van der Waals surface area contributed by atoms with Gasteiger partial charge in [-0.1, -0.05) is 30.7 Å². The molecule has 0 atom stereocenters. The first-order chi connectivity index (χ1) is 13.9. The van der Waals surface area contributed by atoms with E-state index in [4.69, 9.17) is 11.6 Å². The van der Waals surface area contributed by atoms with E-state index in [1.54, 1.807) is 36.4 Å². The average Bonchev–Trinajstić information content (AvgIpc) is 3.14. The van der Waals surface area contributed by atoms with Crippen LogP contribution in [0, 0.1) is 0 Å². The Kier molecular flexibility index (Phi) is 5.04. The van der Waals surface area contributed by atoms with Gasteiger partial charge in [-0.15, -0.1) is 0 Å². The van der Waals surface area contributed by atoms with Gasteiger partial charge in [0.2, 0.25) is 0 Å². The van der Waals surface area contributed by atoms with E-state index in [1.165, 1.54) is 16.2 Å². The molecule has 4 rings (SSSR count). The van der Waals surface area contributed by atoms with Crippen LogP contribution < -0.4 is 5.56 Å². The molecule has 7 heteroatoms. The monoisotopic (exact) mass is 410 g/mol. The van der Waals surface area contributed by atoms with Crippen molar-refractivity contribution in [3.05, 3.63) is 81.5 Å². The van der Waals surface area contributed by atoms with Crippen LogP contribution in [-0.4, -0.2) is 38.2 Å². The molecular weight excluding hydrogens is 388 g/mol. The quantitative estimate of drug-likeness (QED) is 0.664. The minimum absolute atomic E-state index is 0.00380. The number of hydrogen-bond donors (Lipinski definition) is 0. The molecule has 0 unspecified atom stereocenters. The minimum atomic E-state index is -0.193. The van der Waals surface area contributed by atoms with Gasteiger partial charge in [-0.25, -0.2) is 0 Å². The van der Waals surface area contributed by atoms with E-state index in [2.05, 4.69) is 18.1 Å². The van der Waals surface area contributed by atoms with Gasteiger partial charge in [0, 0.05) is 43.6 Å². The van der Waals surface area contributed by atoms with E-state index in [1.807, 2.05) is 23.1 Å². The number of pyridine rings is 1.